The van der Waals surface area contributed by atoms with Crippen LogP contribution in [0.5, 0.6) is 0 Å². The van der Waals surface area contributed by atoms with Crippen molar-refractivity contribution < 1.29 is 17.9 Å². The van der Waals surface area contributed by atoms with Crippen LogP contribution in [0.3, 0.4) is 0 Å². The molecule has 2 rings (SSSR count). The minimum atomic E-state index is -3.92. The van der Waals surface area contributed by atoms with Crippen molar-refractivity contribution in [2.24, 2.45) is 0 Å². The van der Waals surface area contributed by atoms with E-state index in [0.29, 0.717) is 4.88 Å². The summed E-state index contributed by atoms with van der Waals surface area (Å²) in [5.41, 5.74) is -0.291. The van der Waals surface area contributed by atoms with Gasteiger partial charge in [0.05, 0.1) is 16.5 Å². The summed E-state index contributed by atoms with van der Waals surface area (Å²) in [6, 6.07) is 5.19. The monoisotopic (exact) mass is 321 g/mol. The quantitative estimate of drug-likeness (QED) is 0.910. The van der Waals surface area contributed by atoms with Crippen LogP contribution in [-0.4, -0.2) is 13.5 Å². The SMILES string of the molecule is O=S(=O)(Nc1c(F)cccc1Cl)c1csc(CO)c1. The Bertz CT molecular complexity index is 679. The number of anilines is 1. The van der Waals surface area contributed by atoms with Crippen molar-refractivity contribution in [3.8, 4) is 0 Å². The number of aliphatic hydroxyl groups is 1. The molecule has 4 nitrogen and oxygen atoms in total. The fourth-order valence-electron chi connectivity index (χ4n) is 1.37. The summed E-state index contributed by atoms with van der Waals surface area (Å²) in [5.74, 6) is -0.756. The van der Waals surface area contributed by atoms with Crippen LogP contribution in [0.2, 0.25) is 5.02 Å². The summed E-state index contributed by atoms with van der Waals surface area (Å²) in [6.07, 6.45) is 0. The zero-order chi connectivity index (χ0) is 14.0. The topological polar surface area (TPSA) is 66.4 Å². The number of aliphatic hydroxyl groups excluding tert-OH is 1. The third kappa shape index (κ3) is 3.06. The maximum atomic E-state index is 13.5. The Morgan fingerprint density at radius 3 is 2.74 bits per heavy atom. The van der Waals surface area contributed by atoms with Gasteiger partial charge in [-0.15, -0.1) is 11.3 Å². The van der Waals surface area contributed by atoms with E-state index < -0.39 is 15.8 Å². The molecule has 1 heterocycles. The summed E-state index contributed by atoms with van der Waals surface area (Å²) in [4.78, 5) is 0.459. The van der Waals surface area contributed by atoms with E-state index in [9.17, 15) is 12.8 Å². The highest BCUT2D eigenvalue weighted by atomic mass is 35.5. The lowest BCUT2D eigenvalue weighted by Crippen LogP contribution is -2.13. The molecule has 0 aliphatic rings. The van der Waals surface area contributed by atoms with Gasteiger partial charge in [0, 0.05) is 10.3 Å². The number of hydrogen-bond donors (Lipinski definition) is 2. The largest absolute Gasteiger partial charge is 0.391 e. The van der Waals surface area contributed by atoms with Gasteiger partial charge in [-0.2, -0.15) is 0 Å². The Balaban J connectivity index is 2.36. The first-order valence-electron chi connectivity index (χ1n) is 5.09. The van der Waals surface area contributed by atoms with Crippen LogP contribution in [0.25, 0.3) is 0 Å². The Labute approximate surface area is 118 Å². The second kappa shape index (κ2) is 5.46. The van der Waals surface area contributed by atoms with Crippen LogP contribution in [0.1, 0.15) is 4.88 Å². The molecule has 0 atom stereocenters. The standard InChI is InChI=1S/C11H9ClFNO3S2/c12-9-2-1-3-10(13)11(9)14-19(16,17)8-4-7(5-15)18-6-8/h1-4,6,14-15H,5H2. The summed E-state index contributed by atoms with van der Waals surface area (Å²) in [6.45, 7) is -0.249. The summed E-state index contributed by atoms with van der Waals surface area (Å²) < 4.78 is 39.7. The van der Waals surface area contributed by atoms with Crippen LogP contribution >= 0.6 is 22.9 Å². The molecule has 0 amide bonds. The molecule has 2 N–H and O–H groups in total. The average molecular weight is 322 g/mol. The number of benzene rings is 1. The molecular formula is C11H9ClFNO3S2. The van der Waals surface area contributed by atoms with Gasteiger partial charge >= 0.3 is 0 Å². The fourth-order valence-corrected chi connectivity index (χ4v) is 3.86. The van der Waals surface area contributed by atoms with Crippen molar-refractivity contribution in [1.82, 2.24) is 0 Å². The molecule has 19 heavy (non-hydrogen) atoms. The van der Waals surface area contributed by atoms with Crippen LogP contribution in [0.15, 0.2) is 34.5 Å². The highest BCUT2D eigenvalue weighted by molar-refractivity contribution is 7.92. The van der Waals surface area contributed by atoms with E-state index in [0.717, 1.165) is 17.4 Å². The number of sulfonamides is 1. The third-order valence-corrected chi connectivity index (χ3v) is 5.01. The minimum Gasteiger partial charge on any atom is -0.391 e. The van der Waals surface area contributed by atoms with Crippen LogP contribution in [0, 0.1) is 5.82 Å². The minimum absolute atomic E-state index is 0.0267. The molecule has 2 aromatic rings. The van der Waals surface area contributed by atoms with E-state index >= 15 is 0 Å². The molecule has 0 spiro atoms. The Morgan fingerprint density at radius 1 is 1.42 bits per heavy atom. The number of hydrogen-bond acceptors (Lipinski definition) is 4. The van der Waals surface area contributed by atoms with E-state index in [1.165, 1.54) is 23.6 Å². The van der Waals surface area contributed by atoms with Crippen molar-refractivity contribution in [2.75, 3.05) is 4.72 Å². The fraction of sp³-hybridized carbons (Fsp3) is 0.0909. The van der Waals surface area contributed by atoms with E-state index in [1.54, 1.807) is 0 Å². The molecule has 0 radical (unpaired) electrons. The maximum Gasteiger partial charge on any atom is 0.262 e. The Morgan fingerprint density at radius 2 is 2.16 bits per heavy atom. The molecule has 8 heteroatoms. The number of thiophene rings is 1. The first-order chi connectivity index (χ1) is 8.94. The lowest BCUT2D eigenvalue weighted by atomic mass is 10.3. The van der Waals surface area contributed by atoms with Crippen molar-refractivity contribution in [1.29, 1.82) is 0 Å². The molecular weight excluding hydrogens is 313 g/mol. The van der Waals surface area contributed by atoms with Gasteiger partial charge < -0.3 is 5.11 Å². The van der Waals surface area contributed by atoms with Gasteiger partial charge in [0.1, 0.15) is 11.5 Å². The molecule has 0 aliphatic heterocycles. The van der Waals surface area contributed by atoms with Crippen molar-refractivity contribution in [3.05, 3.63) is 45.4 Å². The normalized spacial score (nSPS) is 11.5. The predicted molar refractivity (Wildman–Crippen MR) is 72.5 cm³/mol. The Hall–Kier alpha value is -1.15. The lowest BCUT2D eigenvalue weighted by molar-refractivity contribution is 0.285. The van der Waals surface area contributed by atoms with Crippen LogP contribution in [-0.2, 0) is 16.6 Å². The van der Waals surface area contributed by atoms with E-state index in [4.69, 9.17) is 16.7 Å². The second-order valence-corrected chi connectivity index (χ2v) is 6.69. The van der Waals surface area contributed by atoms with E-state index in [-0.39, 0.29) is 22.2 Å². The molecule has 0 unspecified atom stereocenters. The maximum absolute atomic E-state index is 13.5. The molecule has 0 saturated carbocycles. The van der Waals surface area contributed by atoms with Crippen LogP contribution in [0.4, 0.5) is 10.1 Å². The summed E-state index contributed by atoms with van der Waals surface area (Å²) in [5, 5.41) is 10.2. The molecule has 0 fully saturated rings. The van der Waals surface area contributed by atoms with Crippen molar-refractivity contribution >= 4 is 38.6 Å². The van der Waals surface area contributed by atoms with Gasteiger partial charge in [-0.05, 0) is 18.2 Å². The van der Waals surface area contributed by atoms with E-state index in [2.05, 4.69) is 4.72 Å². The molecule has 0 saturated heterocycles. The number of nitrogens with one attached hydrogen (secondary N) is 1. The predicted octanol–water partition coefficient (Wildman–Crippen LogP) is 2.83. The van der Waals surface area contributed by atoms with Gasteiger partial charge in [-0.25, -0.2) is 12.8 Å². The summed E-state index contributed by atoms with van der Waals surface area (Å²) >= 11 is 6.85. The average Bonchev–Trinajstić information content (AvgIpc) is 2.83. The van der Waals surface area contributed by atoms with Gasteiger partial charge in [-0.1, -0.05) is 17.7 Å². The zero-order valence-electron chi connectivity index (χ0n) is 9.43. The zero-order valence-corrected chi connectivity index (χ0v) is 11.8. The van der Waals surface area contributed by atoms with Gasteiger partial charge in [0.25, 0.3) is 10.0 Å². The first-order valence-corrected chi connectivity index (χ1v) is 7.83. The molecule has 0 aliphatic carbocycles. The van der Waals surface area contributed by atoms with Gasteiger partial charge in [0.15, 0.2) is 0 Å². The molecule has 0 bridgehead atoms. The first kappa shape index (κ1) is 14.3. The second-order valence-electron chi connectivity index (χ2n) is 3.61. The lowest BCUT2D eigenvalue weighted by Gasteiger charge is -2.09. The van der Waals surface area contributed by atoms with E-state index in [1.807, 2.05) is 0 Å². The van der Waals surface area contributed by atoms with Crippen molar-refractivity contribution in [2.45, 2.75) is 11.5 Å². The number of halogens is 2. The van der Waals surface area contributed by atoms with Crippen LogP contribution < -0.4 is 4.72 Å². The van der Waals surface area contributed by atoms with Gasteiger partial charge in [-0.3, -0.25) is 4.72 Å². The Kier molecular flexibility index (Phi) is 4.10. The third-order valence-electron chi connectivity index (χ3n) is 2.30. The highest BCUT2D eigenvalue weighted by Crippen LogP contribution is 2.28. The number of rotatable bonds is 4. The summed E-state index contributed by atoms with van der Waals surface area (Å²) in [7, 11) is -3.92. The highest BCUT2D eigenvalue weighted by Gasteiger charge is 2.19. The molecule has 1 aromatic carbocycles. The number of para-hydroxylation sites is 1. The molecule has 102 valence electrons. The smallest absolute Gasteiger partial charge is 0.262 e. The molecule has 1 aromatic heterocycles. The van der Waals surface area contributed by atoms with Crippen molar-refractivity contribution in [3.63, 3.8) is 0 Å². The van der Waals surface area contributed by atoms with Gasteiger partial charge in [0.2, 0.25) is 0 Å².